The van der Waals surface area contributed by atoms with Gasteiger partial charge in [-0.25, -0.2) is 14.4 Å². The molecule has 0 bridgehead atoms. The van der Waals surface area contributed by atoms with Gasteiger partial charge in [-0.15, -0.1) is 0 Å². The molecule has 0 aliphatic carbocycles. The molecule has 90 valence electrons. The number of nitrogens with one attached hydrogen (secondary N) is 1. The number of halogens is 1. The topological polar surface area (TPSA) is 41.0 Å². The SMILES string of the molecule is CC(C)CNCCN(C)c1ncc(F)cn1. The molecule has 1 heterocycles. The molecule has 0 saturated heterocycles. The molecule has 0 spiro atoms. The van der Waals surface area contributed by atoms with Gasteiger partial charge in [0.05, 0.1) is 12.4 Å². The van der Waals surface area contributed by atoms with Gasteiger partial charge in [-0.1, -0.05) is 13.8 Å². The van der Waals surface area contributed by atoms with E-state index in [4.69, 9.17) is 0 Å². The Morgan fingerprint density at radius 2 is 2.00 bits per heavy atom. The summed E-state index contributed by atoms with van der Waals surface area (Å²) < 4.78 is 12.6. The third-order valence-corrected chi connectivity index (χ3v) is 2.12. The van der Waals surface area contributed by atoms with E-state index in [-0.39, 0.29) is 0 Å². The number of rotatable bonds is 6. The Morgan fingerprint density at radius 3 is 2.56 bits per heavy atom. The zero-order chi connectivity index (χ0) is 12.0. The molecule has 1 rings (SSSR count). The fourth-order valence-electron chi connectivity index (χ4n) is 1.24. The van der Waals surface area contributed by atoms with Gasteiger partial charge in [0.1, 0.15) is 0 Å². The molecular weight excluding hydrogens is 207 g/mol. The summed E-state index contributed by atoms with van der Waals surface area (Å²) in [4.78, 5) is 9.70. The number of aromatic nitrogens is 2. The van der Waals surface area contributed by atoms with Crippen LogP contribution in [0.3, 0.4) is 0 Å². The monoisotopic (exact) mass is 226 g/mol. The lowest BCUT2D eigenvalue weighted by Crippen LogP contribution is -2.31. The van der Waals surface area contributed by atoms with Crippen LogP contribution in [0.4, 0.5) is 10.3 Å². The van der Waals surface area contributed by atoms with Crippen LogP contribution in [0.2, 0.25) is 0 Å². The molecule has 0 aliphatic heterocycles. The van der Waals surface area contributed by atoms with Crippen molar-refractivity contribution in [1.82, 2.24) is 15.3 Å². The summed E-state index contributed by atoms with van der Waals surface area (Å²) in [6.45, 7) is 7.01. The van der Waals surface area contributed by atoms with E-state index in [0.717, 1.165) is 19.6 Å². The van der Waals surface area contributed by atoms with Gasteiger partial charge in [0.15, 0.2) is 5.82 Å². The second-order valence-electron chi connectivity index (χ2n) is 4.22. The number of anilines is 1. The lowest BCUT2D eigenvalue weighted by atomic mass is 10.2. The van der Waals surface area contributed by atoms with Crippen molar-refractivity contribution in [3.8, 4) is 0 Å². The molecule has 1 N–H and O–H groups in total. The van der Waals surface area contributed by atoms with E-state index in [2.05, 4.69) is 29.1 Å². The fraction of sp³-hybridized carbons (Fsp3) is 0.636. The van der Waals surface area contributed by atoms with Crippen molar-refractivity contribution < 1.29 is 4.39 Å². The maximum Gasteiger partial charge on any atom is 0.225 e. The normalized spacial score (nSPS) is 10.8. The first-order valence-corrected chi connectivity index (χ1v) is 5.49. The molecule has 0 atom stereocenters. The molecular formula is C11H19FN4. The van der Waals surface area contributed by atoms with Crippen LogP contribution < -0.4 is 10.2 Å². The van der Waals surface area contributed by atoms with Crippen molar-refractivity contribution in [2.45, 2.75) is 13.8 Å². The minimum atomic E-state index is -0.407. The molecule has 0 amide bonds. The predicted octanol–water partition coefficient (Wildman–Crippen LogP) is 1.30. The van der Waals surface area contributed by atoms with Gasteiger partial charge in [-0.2, -0.15) is 0 Å². The zero-order valence-electron chi connectivity index (χ0n) is 10.1. The minimum Gasteiger partial charge on any atom is -0.343 e. The first kappa shape index (κ1) is 12.8. The van der Waals surface area contributed by atoms with Crippen LogP contribution in [0.15, 0.2) is 12.4 Å². The van der Waals surface area contributed by atoms with Gasteiger partial charge in [-0.3, -0.25) is 0 Å². The lowest BCUT2D eigenvalue weighted by Gasteiger charge is -2.17. The Bertz CT molecular complexity index is 299. The van der Waals surface area contributed by atoms with Crippen molar-refractivity contribution in [3.63, 3.8) is 0 Å². The van der Waals surface area contributed by atoms with Crippen LogP contribution in [0.25, 0.3) is 0 Å². The largest absolute Gasteiger partial charge is 0.343 e. The Hall–Kier alpha value is -1.23. The van der Waals surface area contributed by atoms with Gasteiger partial charge in [0, 0.05) is 20.1 Å². The van der Waals surface area contributed by atoms with E-state index in [9.17, 15) is 4.39 Å². The molecule has 0 aromatic carbocycles. The van der Waals surface area contributed by atoms with Crippen molar-refractivity contribution >= 4 is 5.95 Å². The van der Waals surface area contributed by atoms with Crippen LogP contribution in [0.5, 0.6) is 0 Å². The molecule has 1 aromatic rings. The van der Waals surface area contributed by atoms with Gasteiger partial charge < -0.3 is 10.2 Å². The second-order valence-corrected chi connectivity index (χ2v) is 4.22. The highest BCUT2D eigenvalue weighted by Crippen LogP contribution is 2.02. The number of nitrogens with zero attached hydrogens (tertiary/aromatic N) is 3. The van der Waals surface area contributed by atoms with Crippen molar-refractivity contribution in [2.75, 3.05) is 31.6 Å². The van der Waals surface area contributed by atoms with Crippen LogP contribution in [0, 0.1) is 11.7 Å². The van der Waals surface area contributed by atoms with E-state index in [1.165, 1.54) is 12.4 Å². The number of hydrogen-bond acceptors (Lipinski definition) is 4. The van der Waals surface area contributed by atoms with Crippen LogP contribution in [-0.2, 0) is 0 Å². The molecule has 0 radical (unpaired) electrons. The van der Waals surface area contributed by atoms with E-state index in [1.54, 1.807) is 0 Å². The van der Waals surface area contributed by atoms with Gasteiger partial charge in [-0.05, 0) is 12.5 Å². The molecule has 5 heteroatoms. The van der Waals surface area contributed by atoms with E-state index in [0.29, 0.717) is 11.9 Å². The quantitative estimate of drug-likeness (QED) is 0.742. The average Bonchev–Trinajstić information content (AvgIpc) is 2.25. The summed E-state index contributed by atoms with van der Waals surface area (Å²) in [5.41, 5.74) is 0. The minimum absolute atomic E-state index is 0.407. The van der Waals surface area contributed by atoms with Crippen LogP contribution in [0.1, 0.15) is 13.8 Å². The Morgan fingerprint density at radius 1 is 1.38 bits per heavy atom. The van der Waals surface area contributed by atoms with E-state index >= 15 is 0 Å². The summed E-state index contributed by atoms with van der Waals surface area (Å²) in [5.74, 6) is 0.787. The smallest absolute Gasteiger partial charge is 0.225 e. The standard InChI is InChI=1S/C11H19FN4/c1-9(2)6-13-4-5-16(3)11-14-7-10(12)8-15-11/h7-9,13H,4-6H2,1-3H3. The maximum atomic E-state index is 12.6. The van der Waals surface area contributed by atoms with E-state index in [1.807, 2.05) is 11.9 Å². The summed E-state index contributed by atoms with van der Waals surface area (Å²) >= 11 is 0. The molecule has 4 nitrogen and oxygen atoms in total. The Balaban J connectivity index is 2.29. The summed E-state index contributed by atoms with van der Waals surface area (Å²) in [6.07, 6.45) is 2.36. The Labute approximate surface area is 95.9 Å². The molecule has 0 fully saturated rings. The zero-order valence-corrected chi connectivity index (χ0v) is 10.1. The summed E-state index contributed by atoms with van der Waals surface area (Å²) in [7, 11) is 1.89. The molecule has 1 aromatic heterocycles. The maximum absolute atomic E-state index is 12.6. The molecule has 0 unspecified atom stereocenters. The Kier molecular flexibility index (Phi) is 5.11. The average molecular weight is 226 g/mol. The number of likely N-dealkylation sites (N-methyl/N-ethyl adjacent to an activating group) is 1. The van der Waals surface area contributed by atoms with Gasteiger partial charge >= 0.3 is 0 Å². The van der Waals surface area contributed by atoms with Gasteiger partial charge in [0.2, 0.25) is 5.95 Å². The third kappa shape index (κ3) is 4.53. The first-order chi connectivity index (χ1) is 7.59. The highest BCUT2D eigenvalue weighted by atomic mass is 19.1. The number of hydrogen-bond donors (Lipinski definition) is 1. The first-order valence-electron chi connectivity index (χ1n) is 5.49. The molecule has 0 aliphatic rings. The summed E-state index contributed by atoms with van der Waals surface area (Å²) in [5, 5.41) is 3.33. The van der Waals surface area contributed by atoms with E-state index < -0.39 is 5.82 Å². The lowest BCUT2D eigenvalue weighted by molar-refractivity contribution is 0.552. The predicted molar refractivity (Wildman–Crippen MR) is 63.0 cm³/mol. The fourth-order valence-corrected chi connectivity index (χ4v) is 1.24. The van der Waals surface area contributed by atoms with Crippen LogP contribution >= 0.6 is 0 Å². The van der Waals surface area contributed by atoms with Crippen molar-refractivity contribution in [1.29, 1.82) is 0 Å². The highest BCUT2D eigenvalue weighted by molar-refractivity contribution is 5.26. The second kappa shape index (κ2) is 6.37. The van der Waals surface area contributed by atoms with Gasteiger partial charge in [0.25, 0.3) is 0 Å². The van der Waals surface area contributed by atoms with Crippen LogP contribution in [-0.4, -0.2) is 36.6 Å². The van der Waals surface area contributed by atoms with Crippen molar-refractivity contribution in [2.24, 2.45) is 5.92 Å². The third-order valence-electron chi connectivity index (χ3n) is 2.12. The van der Waals surface area contributed by atoms with Crippen molar-refractivity contribution in [3.05, 3.63) is 18.2 Å². The highest BCUT2D eigenvalue weighted by Gasteiger charge is 2.03. The molecule has 16 heavy (non-hydrogen) atoms. The molecule has 0 saturated carbocycles. The summed E-state index contributed by atoms with van der Waals surface area (Å²) in [6, 6.07) is 0.